The van der Waals surface area contributed by atoms with Gasteiger partial charge in [-0.05, 0) is 55.9 Å². The molecule has 0 aliphatic heterocycles. The highest BCUT2D eigenvalue weighted by atomic mass is 16.5. The second-order valence-corrected chi connectivity index (χ2v) is 9.28. The lowest BCUT2D eigenvalue weighted by Gasteiger charge is -2.29. The lowest BCUT2D eigenvalue weighted by Crippen LogP contribution is -2.34. The molecule has 4 nitrogen and oxygen atoms in total. The zero-order chi connectivity index (χ0) is 21.9. The van der Waals surface area contributed by atoms with Crippen molar-refractivity contribution in [1.29, 1.82) is 0 Å². The average Bonchev–Trinajstić information content (AvgIpc) is 3.50. The monoisotopic (exact) mass is 407 g/mol. The lowest BCUT2D eigenvalue weighted by molar-refractivity contribution is -0.0150. The number of benzene rings is 1. The van der Waals surface area contributed by atoms with Crippen LogP contribution < -0.4 is 10.3 Å². The van der Waals surface area contributed by atoms with Crippen LogP contribution >= 0.6 is 0 Å². The van der Waals surface area contributed by atoms with Crippen LogP contribution in [0.25, 0.3) is 0 Å². The second kappa shape index (κ2) is 9.10. The molecule has 0 bridgehead atoms. The summed E-state index contributed by atoms with van der Waals surface area (Å²) in [4.78, 5) is 12.9. The van der Waals surface area contributed by atoms with Gasteiger partial charge in [0.2, 0.25) is 0 Å². The van der Waals surface area contributed by atoms with Crippen molar-refractivity contribution < 1.29 is 9.47 Å². The van der Waals surface area contributed by atoms with Crippen LogP contribution in [0.5, 0.6) is 5.75 Å². The number of methoxy groups -OCH3 is 1. The normalized spacial score (nSPS) is 15.8. The van der Waals surface area contributed by atoms with Crippen LogP contribution in [0.2, 0.25) is 0 Å². The summed E-state index contributed by atoms with van der Waals surface area (Å²) < 4.78 is 13.2. The molecule has 0 radical (unpaired) electrons. The highest BCUT2D eigenvalue weighted by molar-refractivity contribution is 5.38. The highest BCUT2D eigenvalue weighted by Gasteiger charge is 2.25. The van der Waals surface area contributed by atoms with Crippen molar-refractivity contribution in [2.24, 2.45) is 11.3 Å². The molecule has 0 spiro atoms. The van der Waals surface area contributed by atoms with Crippen LogP contribution in [0, 0.1) is 30.1 Å². The van der Waals surface area contributed by atoms with Gasteiger partial charge in [-0.3, -0.25) is 4.79 Å². The van der Waals surface area contributed by atoms with Crippen LogP contribution in [0.3, 0.4) is 0 Å². The number of hydrogen-bond acceptors (Lipinski definition) is 3. The molecule has 2 aromatic rings. The quantitative estimate of drug-likeness (QED) is 0.635. The molecule has 1 unspecified atom stereocenters. The van der Waals surface area contributed by atoms with Crippen molar-refractivity contribution in [2.75, 3.05) is 13.7 Å². The molecule has 4 heteroatoms. The van der Waals surface area contributed by atoms with Crippen LogP contribution in [0.1, 0.15) is 63.4 Å². The maximum Gasteiger partial charge on any atom is 0.254 e. The summed E-state index contributed by atoms with van der Waals surface area (Å²) in [5.74, 6) is 7.69. The third-order valence-corrected chi connectivity index (χ3v) is 5.66. The number of aromatic nitrogens is 1. The van der Waals surface area contributed by atoms with Crippen molar-refractivity contribution in [3.63, 3.8) is 0 Å². The van der Waals surface area contributed by atoms with E-state index in [-0.39, 0.29) is 23.1 Å². The summed E-state index contributed by atoms with van der Waals surface area (Å²) in [5, 5.41) is 0. The van der Waals surface area contributed by atoms with E-state index < -0.39 is 0 Å². The smallest absolute Gasteiger partial charge is 0.254 e. The van der Waals surface area contributed by atoms with Gasteiger partial charge in [-0.25, -0.2) is 0 Å². The van der Waals surface area contributed by atoms with Crippen molar-refractivity contribution in [3.05, 3.63) is 63.6 Å². The van der Waals surface area contributed by atoms with E-state index in [1.165, 1.54) is 12.8 Å². The molecule has 2 atom stereocenters. The Kier molecular flexibility index (Phi) is 6.73. The van der Waals surface area contributed by atoms with Crippen molar-refractivity contribution in [2.45, 2.75) is 59.6 Å². The predicted octanol–water partition coefficient (Wildman–Crippen LogP) is 4.97. The number of aryl methyl sites for hydroxylation is 1. The molecule has 1 saturated carbocycles. The summed E-state index contributed by atoms with van der Waals surface area (Å²) in [6, 6.07) is 11.6. The summed E-state index contributed by atoms with van der Waals surface area (Å²) in [6.45, 7) is 10.7. The largest absolute Gasteiger partial charge is 0.491 e. The number of pyridine rings is 1. The Balaban J connectivity index is 1.74. The van der Waals surface area contributed by atoms with Gasteiger partial charge in [0.25, 0.3) is 5.56 Å². The van der Waals surface area contributed by atoms with E-state index in [9.17, 15) is 4.79 Å². The Labute approximate surface area is 180 Å². The van der Waals surface area contributed by atoms with Crippen molar-refractivity contribution in [1.82, 2.24) is 4.57 Å². The minimum atomic E-state index is -0.0710. The van der Waals surface area contributed by atoms with Gasteiger partial charge in [-0.15, -0.1) is 0 Å². The number of rotatable bonds is 6. The van der Waals surface area contributed by atoms with Crippen LogP contribution in [0.15, 0.2) is 41.2 Å². The molecule has 1 aromatic carbocycles. The topological polar surface area (TPSA) is 40.5 Å². The fourth-order valence-electron chi connectivity index (χ4n) is 3.51. The van der Waals surface area contributed by atoms with Crippen LogP contribution in [0.4, 0.5) is 0 Å². The Morgan fingerprint density at radius 2 is 1.83 bits per heavy atom. The van der Waals surface area contributed by atoms with E-state index in [0.717, 1.165) is 16.8 Å². The summed E-state index contributed by atoms with van der Waals surface area (Å²) in [6.07, 6.45) is 2.40. The zero-order valence-electron chi connectivity index (χ0n) is 19.0. The van der Waals surface area contributed by atoms with E-state index in [1.54, 1.807) is 17.7 Å². The highest BCUT2D eigenvalue weighted by Crippen LogP contribution is 2.28. The minimum Gasteiger partial charge on any atom is -0.491 e. The van der Waals surface area contributed by atoms with Gasteiger partial charge in [0.05, 0.1) is 12.1 Å². The molecule has 30 heavy (non-hydrogen) atoms. The van der Waals surface area contributed by atoms with Gasteiger partial charge in [0.1, 0.15) is 12.4 Å². The van der Waals surface area contributed by atoms with Crippen molar-refractivity contribution in [3.8, 4) is 17.6 Å². The van der Waals surface area contributed by atoms with E-state index in [4.69, 9.17) is 9.47 Å². The second-order valence-electron chi connectivity index (χ2n) is 9.28. The van der Waals surface area contributed by atoms with E-state index in [1.807, 2.05) is 32.0 Å². The number of ether oxygens (including phenoxy) is 2. The maximum atomic E-state index is 12.9. The van der Waals surface area contributed by atoms with Gasteiger partial charge in [0.15, 0.2) is 0 Å². The molecule has 0 saturated heterocycles. The van der Waals surface area contributed by atoms with E-state index in [0.29, 0.717) is 18.3 Å². The minimum absolute atomic E-state index is 0.0392. The lowest BCUT2D eigenvalue weighted by atomic mass is 9.89. The molecule has 1 heterocycles. The number of nitrogens with zero attached hydrogens (tertiary/aromatic N) is 1. The Morgan fingerprint density at radius 3 is 2.37 bits per heavy atom. The van der Waals surface area contributed by atoms with Crippen LogP contribution in [-0.4, -0.2) is 24.4 Å². The molecule has 1 aliphatic carbocycles. The molecule has 3 rings (SSSR count). The SMILES string of the molecule is COC(COc1cc(C)n([C@H](C)c2ccc(C#CC3CC3)cc2)c(=O)c1)C(C)(C)C. The van der Waals surface area contributed by atoms with Gasteiger partial charge >= 0.3 is 0 Å². The fourth-order valence-corrected chi connectivity index (χ4v) is 3.51. The molecule has 1 aliphatic rings. The zero-order valence-corrected chi connectivity index (χ0v) is 19.0. The van der Waals surface area contributed by atoms with Gasteiger partial charge in [-0.2, -0.15) is 0 Å². The summed E-state index contributed by atoms with van der Waals surface area (Å²) >= 11 is 0. The molecular weight excluding hydrogens is 374 g/mol. The van der Waals surface area contributed by atoms with Gasteiger partial charge in [0, 0.05) is 30.4 Å². The Morgan fingerprint density at radius 1 is 1.17 bits per heavy atom. The summed E-state index contributed by atoms with van der Waals surface area (Å²) in [7, 11) is 1.69. The first-order chi connectivity index (χ1) is 14.2. The van der Waals surface area contributed by atoms with Gasteiger partial charge < -0.3 is 14.0 Å². The average molecular weight is 408 g/mol. The molecule has 0 amide bonds. The Bertz CT molecular complexity index is 982. The molecule has 1 aromatic heterocycles. The first-order valence-corrected chi connectivity index (χ1v) is 10.7. The van der Waals surface area contributed by atoms with E-state index in [2.05, 4.69) is 44.7 Å². The third kappa shape index (κ3) is 5.55. The first-order valence-electron chi connectivity index (χ1n) is 10.7. The third-order valence-electron chi connectivity index (χ3n) is 5.66. The van der Waals surface area contributed by atoms with Crippen LogP contribution in [-0.2, 0) is 4.74 Å². The number of hydrogen-bond donors (Lipinski definition) is 0. The predicted molar refractivity (Wildman–Crippen MR) is 121 cm³/mol. The summed E-state index contributed by atoms with van der Waals surface area (Å²) in [5.41, 5.74) is 2.87. The first kappa shape index (κ1) is 22.2. The molecule has 1 fully saturated rings. The van der Waals surface area contributed by atoms with Gasteiger partial charge in [-0.1, -0.05) is 44.7 Å². The fraction of sp³-hybridized carbons (Fsp3) is 0.500. The molecule has 160 valence electrons. The molecular formula is C26H33NO3. The maximum absolute atomic E-state index is 12.9. The van der Waals surface area contributed by atoms with Crippen molar-refractivity contribution >= 4 is 0 Å². The van der Waals surface area contributed by atoms with E-state index >= 15 is 0 Å². The molecule has 0 N–H and O–H groups in total. The standard InChI is InChI=1S/C26H33NO3/c1-18-15-23(30-17-24(29-6)26(3,4)5)16-25(28)27(18)19(2)22-13-11-21(12-14-22)10-9-20-7-8-20/h11-16,19-20,24H,7-8,17H2,1-6H3/t19-,24?/m1/s1. The Hall–Kier alpha value is -2.51.